The first-order chi connectivity index (χ1) is 19.6. The Morgan fingerprint density at radius 1 is 0.500 bits per heavy atom. The van der Waals surface area contributed by atoms with E-state index in [1.54, 1.807) is 45.3 Å². The Bertz CT molecular complexity index is 1970. The van der Waals surface area contributed by atoms with Gasteiger partial charge in [-0.3, -0.25) is 0 Å². The maximum Gasteiger partial charge on any atom is 0.190 e. The van der Waals surface area contributed by atoms with E-state index in [2.05, 4.69) is 107 Å². The molecule has 0 saturated carbocycles. The third-order valence-corrected chi connectivity index (χ3v) is 9.77. The highest BCUT2D eigenvalue weighted by Gasteiger charge is 2.10. The normalized spacial score (nSPS) is 11.2. The number of thiazole rings is 4. The van der Waals surface area contributed by atoms with Crippen LogP contribution in [-0.2, 0) is 0 Å². The molecule has 8 aromatic rings. The van der Waals surface area contributed by atoms with Crippen molar-refractivity contribution in [1.29, 1.82) is 0 Å². The number of benzene rings is 4. The molecule has 40 heavy (non-hydrogen) atoms. The minimum atomic E-state index is 0.894. The third kappa shape index (κ3) is 5.02. The highest BCUT2D eigenvalue weighted by atomic mass is 32.1. The summed E-state index contributed by atoms with van der Waals surface area (Å²) in [4.78, 5) is 20.5. The lowest BCUT2D eigenvalue weighted by Gasteiger charge is -1.96. The summed E-state index contributed by atoms with van der Waals surface area (Å²) in [7, 11) is 0. The SMILES string of the molecule is Cc1cnc(Nc2nc3c(ccc4ccccc43)s2)s1.Cc1cnc(Nc2nc3c(ccc4ccccc43)s2)s1. The molecule has 4 aromatic heterocycles. The van der Waals surface area contributed by atoms with Crippen LogP contribution in [0.15, 0.2) is 85.2 Å². The van der Waals surface area contributed by atoms with Gasteiger partial charge in [0, 0.05) is 32.9 Å². The first-order valence-corrected chi connectivity index (χ1v) is 15.8. The van der Waals surface area contributed by atoms with Crippen molar-refractivity contribution in [3.8, 4) is 0 Å². The van der Waals surface area contributed by atoms with Gasteiger partial charge in [0.25, 0.3) is 0 Å². The van der Waals surface area contributed by atoms with Crippen LogP contribution in [0.3, 0.4) is 0 Å². The molecule has 0 amide bonds. The molecule has 0 aliphatic heterocycles. The fourth-order valence-corrected chi connectivity index (χ4v) is 7.66. The number of aryl methyl sites for hydroxylation is 2. The molecule has 0 spiro atoms. The number of hydrogen-bond donors (Lipinski definition) is 2. The zero-order valence-corrected chi connectivity index (χ0v) is 24.8. The van der Waals surface area contributed by atoms with Crippen molar-refractivity contribution in [2.75, 3.05) is 10.6 Å². The summed E-state index contributed by atoms with van der Waals surface area (Å²) in [6.45, 7) is 4.10. The Kier molecular flexibility index (Phi) is 6.60. The average Bonchev–Trinajstić information content (AvgIpc) is 3.76. The molecule has 4 heterocycles. The van der Waals surface area contributed by atoms with Gasteiger partial charge >= 0.3 is 0 Å². The number of hydrogen-bond acceptors (Lipinski definition) is 10. The highest BCUT2D eigenvalue weighted by molar-refractivity contribution is 7.23. The third-order valence-electron chi connectivity index (χ3n) is 6.24. The minimum Gasteiger partial charge on any atom is -0.307 e. The van der Waals surface area contributed by atoms with Gasteiger partial charge in [-0.25, -0.2) is 19.9 Å². The molecular formula is C30H22N6S4. The molecule has 0 saturated heterocycles. The minimum absolute atomic E-state index is 0.894. The van der Waals surface area contributed by atoms with Gasteiger partial charge in [0.1, 0.15) is 0 Å². The zero-order chi connectivity index (χ0) is 27.1. The molecule has 0 radical (unpaired) electrons. The summed E-state index contributed by atoms with van der Waals surface area (Å²) in [6.07, 6.45) is 3.74. The molecule has 10 heteroatoms. The van der Waals surface area contributed by atoms with Crippen molar-refractivity contribution < 1.29 is 0 Å². The van der Waals surface area contributed by atoms with Gasteiger partial charge in [-0.15, -0.1) is 22.7 Å². The van der Waals surface area contributed by atoms with E-state index in [4.69, 9.17) is 9.97 Å². The molecule has 196 valence electrons. The number of anilines is 4. The summed E-state index contributed by atoms with van der Waals surface area (Å²) in [5, 5.41) is 15.0. The number of fused-ring (bicyclic) bond motifs is 6. The summed E-state index contributed by atoms with van der Waals surface area (Å²) >= 11 is 6.60. The van der Waals surface area contributed by atoms with Crippen molar-refractivity contribution in [3.63, 3.8) is 0 Å². The Morgan fingerprint density at radius 3 is 1.38 bits per heavy atom. The summed E-state index contributed by atoms with van der Waals surface area (Å²) in [5.41, 5.74) is 2.12. The predicted octanol–water partition coefficient (Wildman–Crippen LogP) is 9.92. The number of nitrogens with one attached hydrogen (secondary N) is 2. The van der Waals surface area contributed by atoms with Gasteiger partial charge < -0.3 is 10.6 Å². The number of rotatable bonds is 4. The van der Waals surface area contributed by atoms with E-state index < -0.39 is 0 Å². The van der Waals surface area contributed by atoms with E-state index in [1.807, 2.05) is 12.4 Å². The van der Waals surface area contributed by atoms with Gasteiger partial charge in [0.2, 0.25) is 0 Å². The van der Waals surface area contributed by atoms with Gasteiger partial charge in [-0.1, -0.05) is 83.3 Å². The van der Waals surface area contributed by atoms with Crippen molar-refractivity contribution in [3.05, 3.63) is 94.9 Å². The molecule has 0 bridgehead atoms. The fraction of sp³-hybridized carbons (Fsp3) is 0.0667. The lowest BCUT2D eigenvalue weighted by molar-refractivity contribution is 1.35. The molecule has 6 nitrogen and oxygen atoms in total. The van der Waals surface area contributed by atoms with Crippen LogP contribution in [0.4, 0.5) is 20.5 Å². The monoisotopic (exact) mass is 594 g/mol. The average molecular weight is 595 g/mol. The highest BCUT2D eigenvalue weighted by Crippen LogP contribution is 2.35. The van der Waals surface area contributed by atoms with Gasteiger partial charge in [0.05, 0.1) is 20.4 Å². The molecule has 4 aromatic carbocycles. The summed E-state index contributed by atoms with van der Waals surface area (Å²) < 4.78 is 2.39. The van der Waals surface area contributed by atoms with Crippen LogP contribution in [0.25, 0.3) is 42.0 Å². The molecule has 2 N–H and O–H groups in total. The molecule has 0 unspecified atom stereocenters. The van der Waals surface area contributed by atoms with Crippen LogP contribution >= 0.6 is 45.3 Å². The van der Waals surface area contributed by atoms with Gasteiger partial charge in [-0.05, 0) is 36.8 Å². The second kappa shape index (κ2) is 10.5. The van der Waals surface area contributed by atoms with Crippen LogP contribution < -0.4 is 10.6 Å². The van der Waals surface area contributed by atoms with E-state index in [0.29, 0.717) is 0 Å². The molecule has 8 rings (SSSR count). The van der Waals surface area contributed by atoms with Crippen molar-refractivity contribution >= 4 is 108 Å². The summed E-state index contributed by atoms with van der Waals surface area (Å²) in [5.74, 6) is 0. The Morgan fingerprint density at radius 2 is 0.950 bits per heavy atom. The van der Waals surface area contributed by atoms with Crippen LogP contribution in [0.1, 0.15) is 9.75 Å². The van der Waals surface area contributed by atoms with Crippen LogP contribution in [0.5, 0.6) is 0 Å². The smallest absolute Gasteiger partial charge is 0.190 e. The molecule has 0 fully saturated rings. The lowest BCUT2D eigenvalue weighted by Crippen LogP contribution is -1.86. The van der Waals surface area contributed by atoms with E-state index >= 15 is 0 Å². The van der Waals surface area contributed by atoms with Gasteiger partial charge in [0.15, 0.2) is 20.5 Å². The Labute approximate surface area is 246 Å². The van der Waals surface area contributed by atoms with Crippen LogP contribution in [0, 0.1) is 13.8 Å². The predicted molar refractivity (Wildman–Crippen MR) is 175 cm³/mol. The molecular weight excluding hydrogens is 573 g/mol. The van der Waals surface area contributed by atoms with E-state index in [-0.39, 0.29) is 0 Å². The first kappa shape index (κ1) is 25.0. The standard InChI is InChI=1S/2C15H11N3S2/c2*1-9-8-16-14(19-9)18-15-17-13-11-5-3-2-4-10(11)6-7-12(13)20-15/h2*2-8H,1H3,(H,16,17,18). The van der Waals surface area contributed by atoms with E-state index in [0.717, 1.165) is 31.6 Å². The fourth-order valence-electron chi connectivity index (χ4n) is 4.44. The second-order valence-electron chi connectivity index (χ2n) is 9.11. The Hall–Kier alpha value is -3.96. The quantitative estimate of drug-likeness (QED) is 0.211. The second-order valence-corrected chi connectivity index (χ2v) is 13.6. The van der Waals surface area contributed by atoms with Crippen LogP contribution in [-0.4, -0.2) is 19.9 Å². The van der Waals surface area contributed by atoms with Gasteiger partial charge in [-0.2, -0.15) is 0 Å². The molecule has 0 atom stereocenters. The largest absolute Gasteiger partial charge is 0.307 e. The van der Waals surface area contributed by atoms with E-state index in [9.17, 15) is 0 Å². The Balaban J connectivity index is 0.000000132. The van der Waals surface area contributed by atoms with E-state index in [1.165, 1.54) is 40.7 Å². The first-order valence-electron chi connectivity index (χ1n) is 12.5. The number of aromatic nitrogens is 4. The van der Waals surface area contributed by atoms with Crippen molar-refractivity contribution in [2.45, 2.75) is 13.8 Å². The van der Waals surface area contributed by atoms with Crippen molar-refractivity contribution in [2.24, 2.45) is 0 Å². The maximum atomic E-state index is 4.72. The van der Waals surface area contributed by atoms with Crippen LogP contribution in [0.2, 0.25) is 0 Å². The topological polar surface area (TPSA) is 75.6 Å². The summed E-state index contributed by atoms with van der Waals surface area (Å²) in [6, 6.07) is 25.2. The van der Waals surface area contributed by atoms with Crippen molar-refractivity contribution in [1.82, 2.24) is 19.9 Å². The molecule has 0 aliphatic carbocycles. The zero-order valence-electron chi connectivity index (χ0n) is 21.5. The maximum absolute atomic E-state index is 4.72. The number of nitrogens with zero attached hydrogens (tertiary/aromatic N) is 4. The lowest BCUT2D eigenvalue weighted by atomic mass is 10.1. The molecule has 0 aliphatic rings.